The van der Waals surface area contributed by atoms with Crippen molar-refractivity contribution in [3.05, 3.63) is 53.6 Å². The van der Waals surface area contributed by atoms with E-state index in [9.17, 15) is 4.79 Å². The summed E-state index contributed by atoms with van der Waals surface area (Å²) in [6, 6.07) is 8.14. The SMILES string of the molecule is CCOC(=O)/C=C(C)/C=C/C1Cc2ccccc2OC1C. The van der Waals surface area contributed by atoms with Gasteiger partial charge in [0.25, 0.3) is 0 Å². The van der Waals surface area contributed by atoms with Gasteiger partial charge in [-0.15, -0.1) is 0 Å². The molecule has 0 aliphatic carbocycles. The molecule has 0 saturated heterocycles. The Hall–Kier alpha value is -2.03. The largest absolute Gasteiger partial charge is 0.490 e. The first-order valence-electron chi connectivity index (χ1n) is 7.38. The lowest BCUT2D eigenvalue weighted by Gasteiger charge is -2.29. The zero-order valence-electron chi connectivity index (χ0n) is 12.8. The number of hydrogen-bond donors (Lipinski definition) is 0. The summed E-state index contributed by atoms with van der Waals surface area (Å²) in [6.45, 7) is 6.18. The first kappa shape index (κ1) is 15.4. The van der Waals surface area contributed by atoms with Crippen molar-refractivity contribution in [3.63, 3.8) is 0 Å². The second kappa shape index (κ2) is 7.11. The summed E-state index contributed by atoms with van der Waals surface area (Å²) in [5.41, 5.74) is 2.12. The highest BCUT2D eigenvalue weighted by molar-refractivity contribution is 5.83. The van der Waals surface area contributed by atoms with Crippen molar-refractivity contribution in [1.29, 1.82) is 0 Å². The average molecular weight is 286 g/mol. The fraction of sp³-hybridized carbons (Fsp3) is 0.389. The summed E-state index contributed by atoms with van der Waals surface area (Å²) >= 11 is 0. The monoisotopic (exact) mass is 286 g/mol. The number of esters is 1. The molecule has 0 amide bonds. The summed E-state index contributed by atoms with van der Waals surface area (Å²) in [4.78, 5) is 11.4. The Balaban J connectivity index is 2.03. The van der Waals surface area contributed by atoms with E-state index in [2.05, 4.69) is 19.1 Å². The minimum absolute atomic E-state index is 0.131. The highest BCUT2D eigenvalue weighted by Gasteiger charge is 2.24. The molecule has 0 bridgehead atoms. The number of rotatable bonds is 4. The third-order valence-electron chi connectivity index (χ3n) is 3.58. The van der Waals surface area contributed by atoms with Crippen LogP contribution in [0, 0.1) is 5.92 Å². The van der Waals surface area contributed by atoms with Gasteiger partial charge >= 0.3 is 5.97 Å². The average Bonchev–Trinajstić information content (AvgIpc) is 2.45. The predicted molar refractivity (Wildman–Crippen MR) is 83.3 cm³/mol. The van der Waals surface area contributed by atoms with Crippen LogP contribution in [0.25, 0.3) is 0 Å². The number of carbonyl (C=O) groups excluding carboxylic acids is 1. The molecule has 1 aliphatic rings. The van der Waals surface area contributed by atoms with Gasteiger partial charge in [0.15, 0.2) is 0 Å². The van der Waals surface area contributed by atoms with Crippen molar-refractivity contribution in [3.8, 4) is 5.75 Å². The van der Waals surface area contributed by atoms with Gasteiger partial charge < -0.3 is 9.47 Å². The van der Waals surface area contributed by atoms with E-state index in [1.807, 2.05) is 31.2 Å². The lowest BCUT2D eigenvalue weighted by Crippen LogP contribution is -2.28. The van der Waals surface area contributed by atoms with Crippen LogP contribution in [0.4, 0.5) is 0 Å². The standard InChI is InChI=1S/C18H22O3/c1-4-20-18(19)11-13(2)9-10-15-12-16-7-5-6-8-17(16)21-14(15)3/h5-11,14-15H,4,12H2,1-3H3/b10-9+,13-11+. The minimum atomic E-state index is -0.294. The molecule has 1 aromatic carbocycles. The highest BCUT2D eigenvalue weighted by Crippen LogP contribution is 2.31. The third kappa shape index (κ3) is 4.22. The molecular weight excluding hydrogens is 264 g/mol. The molecule has 0 radical (unpaired) electrons. The molecule has 1 heterocycles. The van der Waals surface area contributed by atoms with E-state index in [1.54, 1.807) is 6.92 Å². The Morgan fingerprint density at radius 3 is 2.95 bits per heavy atom. The molecule has 2 unspecified atom stereocenters. The highest BCUT2D eigenvalue weighted by atomic mass is 16.5. The molecule has 2 rings (SSSR count). The Morgan fingerprint density at radius 1 is 1.43 bits per heavy atom. The number of ether oxygens (including phenoxy) is 2. The number of benzene rings is 1. The van der Waals surface area contributed by atoms with Gasteiger partial charge in [-0.3, -0.25) is 0 Å². The first-order chi connectivity index (χ1) is 10.1. The Morgan fingerprint density at radius 2 is 2.19 bits per heavy atom. The van der Waals surface area contributed by atoms with Crippen LogP contribution in [0.2, 0.25) is 0 Å². The van der Waals surface area contributed by atoms with Gasteiger partial charge in [0.1, 0.15) is 11.9 Å². The van der Waals surface area contributed by atoms with Crippen LogP contribution in [0.3, 0.4) is 0 Å². The zero-order chi connectivity index (χ0) is 15.2. The zero-order valence-corrected chi connectivity index (χ0v) is 12.8. The number of para-hydroxylation sites is 1. The Kier molecular flexibility index (Phi) is 5.20. The van der Waals surface area contributed by atoms with Gasteiger partial charge in [-0.25, -0.2) is 4.79 Å². The van der Waals surface area contributed by atoms with E-state index in [0.717, 1.165) is 17.7 Å². The quantitative estimate of drug-likeness (QED) is 0.481. The van der Waals surface area contributed by atoms with Crippen molar-refractivity contribution < 1.29 is 14.3 Å². The minimum Gasteiger partial charge on any atom is -0.490 e. The molecule has 1 aliphatic heterocycles. The fourth-order valence-corrected chi connectivity index (χ4v) is 2.41. The first-order valence-corrected chi connectivity index (χ1v) is 7.38. The summed E-state index contributed by atoms with van der Waals surface area (Å²) in [6.07, 6.45) is 6.69. The number of hydrogen-bond acceptors (Lipinski definition) is 3. The second-order valence-electron chi connectivity index (χ2n) is 5.30. The predicted octanol–water partition coefficient (Wildman–Crippen LogP) is 3.69. The van der Waals surface area contributed by atoms with Crippen molar-refractivity contribution in [2.24, 2.45) is 5.92 Å². The Labute approximate surface area is 126 Å². The van der Waals surface area contributed by atoms with E-state index in [4.69, 9.17) is 9.47 Å². The maximum atomic E-state index is 11.4. The molecule has 0 saturated carbocycles. The topological polar surface area (TPSA) is 35.5 Å². The molecule has 0 aromatic heterocycles. The van der Waals surface area contributed by atoms with Crippen LogP contribution in [0.15, 0.2) is 48.1 Å². The van der Waals surface area contributed by atoms with Crippen molar-refractivity contribution in [2.75, 3.05) is 6.61 Å². The molecule has 112 valence electrons. The van der Waals surface area contributed by atoms with Gasteiger partial charge in [-0.1, -0.05) is 30.4 Å². The van der Waals surface area contributed by atoms with E-state index in [-0.39, 0.29) is 12.1 Å². The summed E-state index contributed by atoms with van der Waals surface area (Å²) < 4.78 is 10.8. The van der Waals surface area contributed by atoms with Crippen LogP contribution < -0.4 is 4.74 Å². The molecule has 0 spiro atoms. The number of fused-ring (bicyclic) bond motifs is 1. The van der Waals surface area contributed by atoms with Crippen molar-refractivity contribution in [1.82, 2.24) is 0 Å². The van der Waals surface area contributed by atoms with Crippen LogP contribution in [0.1, 0.15) is 26.3 Å². The van der Waals surface area contributed by atoms with Gasteiger partial charge in [0, 0.05) is 12.0 Å². The van der Waals surface area contributed by atoms with Gasteiger partial charge in [-0.05, 0) is 44.4 Å². The molecule has 3 nitrogen and oxygen atoms in total. The summed E-state index contributed by atoms with van der Waals surface area (Å²) in [7, 11) is 0. The van der Waals surface area contributed by atoms with E-state index >= 15 is 0 Å². The van der Waals surface area contributed by atoms with E-state index in [0.29, 0.717) is 12.5 Å². The second-order valence-corrected chi connectivity index (χ2v) is 5.30. The van der Waals surface area contributed by atoms with Crippen molar-refractivity contribution in [2.45, 2.75) is 33.3 Å². The van der Waals surface area contributed by atoms with Crippen LogP contribution in [-0.2, 0) is 16.0 Å². The van der Waals surface area contributed by atoms with Gasteiger partial charge in [0.05, 0.1) is 6.61 Å². The fourth-order valence-electron chi connectivity index (χ4n) is 2.41. The maximum absolute atomic E-state index is 11.4. The molecule has 21 heavy (non-hydrogen) atoms. The Bertz CT molecular complexity index is 557. The normalized spacial score (nSPS) is 21.8. The van der Waals surface area contributed by atoms with Crippen LogP contribution in [-0.4, -0.2) is 18.7 Å². The van der Waals surface area contributed by atoms with Crippen LogP contribution >= 0.6 is 0 Å². The third-order valence-corrected chi connectivity index (χ3v) is 3.58. The molecule has 1 aromatic rings. The van der Waals surface area contributed by atoms with Crippen LogP contribution in [0.5, 0.6) is 5.75 Å². The maximum Gasteiger partial charge on any atom is 0.330 e. The lowest BCUT2D eigenvalue weighted by atomic mass is 9.90. The van der Waals surface area contributed by atoms with Gasteiger partial charge in [-0.2, -0.15) is 0 Å². The van der Waals surface area contributed by atoms with E-state index < -0.39 is 0 Å². The molecule has 0 fully saturated rings. The van der Waals surface area contributed by atoms with E-state index in [1.165, 1.54) is 11.6 Å². The number of carbonyl (C=O) groups is 1. The summed E-state index contributed by atoms with van der Waals surface area (Å²) in [5, 5.41) is 0. The molecular formula is C18H22O3. The lowest BCUT2D eigenvalue weighted by molar-refractivity contribution is -0.137. The molecule has 3 heteroatoms. The van der Waals surface area contributed by atoms with Crippen molar-refractivity contribution >= 4 is 5.97 Å². The molecule has 2 atom stereocenters. The number of allylic oxidation sites excluding steroid dienone is 2. The molecule has 0 N–H and O–H groups in total. The smallest absolute Gasteiger partial charge is 0.330 e. The summed E-state index contributed by atoms with van der Waals surface area (Å²) in [5.74, 6) is 0.997. The van der Waals surface area contributed by atoms with Gasteiger partial charge in [0.2, 0.25) is 0 Å².